The maximum atomic E-state index is 12.0. The van der Waals surface area contributed by atoms with Crippen molar-refractivity contribution in [2.75, 3.05) is 0 Å². The number of carbonyl (C=O) groups is 3. The van der Waals surface area contributed by atoms with E-state index in [4.69, 9.17) is 10.8 Å². The van der Waals surface area contributed by atoms with Crippen LogP contribution < -0.4 is 16.4 Å². The van der Waals surface area contributed by atoms with Crippen LogP contribution in [0.3, 0.4) is 0 Å². The minimum absolute atomic E-state index is 0.179. The Morgan fingerprint density at radius 3 is 1.59 bits per heavy atom. The first kappa shape index (κ1) is 20.3. The molecule has 0 rings (SSSR count). The average molecular weight is 319 g/mol. The van der Waals surface area contributed by atoms with E-state index in [1.807, 2.05) is 0 Å². The molecule has 22 heavy (non-hydrogen) atoms. The van der Waals surface area contributed by atoms with Crippen molar-refractivity contribution in [1.29, 1.82) is 0 Å². The lowest BCUT2D eigenvalue weighted by Crippen LogP contribution is -2.60. The van der Waals surface area contributed by atoms with E-state index in [-0.39, 0.29) is 5.92 Å². The molecule has 0 aliphatic rings. The first-order chi connectivity index (χ1) is 9.98. The number of rotatable bonds is 8. The Hall–Kier alpha value is -1.71. The Balaban J connectivity index is 4.99. The Bertz CT molecular complexity index is 411. The van der Waals surface area contributed by atoms with Gasteiger partial charge in [0.05, 0.1) is 18.2 Å². The van der Waals surface area contributed by atoms with Gasteiger partial charge in [-0.2, -0.15) is 0 Å². The van der Waals surface area contributed by atoms with E-state index in [0.29, 0.717) is 0 Å². The number of aliphatic hydroxyl groups excluding tert-OH is 2. The fourth-order valence-electron chi connectivity index (χ4n) is 1.59. The second kappa shape index (κ2) is 8.66. The molecule has 128 valence electrons. The Morgan fingerprint density at radius 1 is 0.864 bits per heavy atom. The molecule has 9 heteroatoms. The van der Waals surface area contributed by atoms with E-state index in [1.54, 1.807) is 13.8 Å². The van der Waals surface area contributed by atoms with Crippen LogP contribution in [0.25, 0.3) is 0 Å². The predicted octanol–water partition coefficient (Wildman–Crippen LogP) is -2.21. The molecule has 0 aliphatic heterocycles. The third kappa shape index (κ3) is 5.96. The molecule has 9 nitrogen and oxygen atoms in total. The summed E-state index contributed by atoms with van der Waals surface area (Å²) in [6.07, 6.45) is -2.61. The van der Waals surface area contributed by atoms with Crippen LogP contribution in [0.4, 0.5) is 0 Å². The van der Waals surface area contributed by atoms with E-state index in [1.165, 1.54) is 13.8 Å². The molecular weight excluding hydrogens is 294 g/mol. The fraction of sp³-hybridized carbons (Fsp3) is 0.769. The average Bonchev–Trinajstić information content (AvgIpc) is 2.39. The number of nitrogens with two attached hydrogens (primary N) is 1. The van der Waals surface area contributed by atoms with Gasteiger partial charge < -0.3 is 31.7 Å². The topological polar surface area (TPSA) is 162 Å². The Kier molecular flexibility index (Phi) is 7.99. The molecule has 0 aliphatic carbocycles. The number of carboxylic acids is 1. The van der Waals surface area contributed by atoms with Crippen LogP contribution in [0.15, 0.2) is 0 Å². The molecule has 0 spiro atoms. The summed E-state index contributed by atoms with van der Waals surface area (Å²) in [5, 5.41) is 32.2. The van der Waals surface area contributed by atoms with Crippen molar-refractivity contribution < 1.29 is 29.7 Å². The van der Waals surface area contributed by atoms with Crippen molar-refractivity contribution >= 4 is 17.8 Å². The zero-order valence-electron chi connectivity index (χ0n) is 13.1. The van der Waals surface area contributed by atoms with Crippen LogP contribution in [0.1, 0.15) is 27.7 Å². The summed E-state index contributed by atoms with van der Waals surface area (Å²) in [5.41, 5.74) is 5.65. The maximum absolute atomic E-state index is 12.0. The van der Waals surface area contributed by atoms with Crippen molar-refractivity contribution in [3.63, 3.8) is 0 Å². The van der Waals surface area contributed by atoms with Gasteiger partial charge in [0.15, 0.2) is 6.04 Å². The molecule has 0 saturated carbocycles. The van der Waals surface area contributed by atoms with Crippen molar-refractivity contribution in [1.82, 2.24) is 10.6 Å². The van der Waals surface area contributed by atoms with Crippen LogP contribution in [0, 0.1) is 5.92 Å². The number of aliphatic carboxylic acids is 1. The minimum atomic E-state index is -1.55. The molecule has 0 heterocycles. The molecule has 0 fully saturated rings. The van der Waals surface area contributed by atoms with Gasteiger partial charge in [0.2, 0.25) is 11.8 Å². The van der Waals surface area contributed by atoms with Gasteiger partial charge in [0.25, 0.3) is 0 Å². The van der Waals surface area contributed by atoms with Crippen LogP contribution in [-0.2, 0) is 14.4 Å². The monoisotopic (exact) mass is 319 g/mol. The normalized spacial score (nSPS) is 18.0. The van der Waals surface area contributed by atoms with Gasteiger partial charge in [-0.1, -0.05) is 13.8 Å². The molecule has 5 unspecified atom stereocenters. The van der Waals surface area contributed by atoms with Crippen molar-refractivity contribution in [3.8, 4) is 0 Å². The Labute approximate surface area is 128 Å². The second-order valence-corrected chi connectivity index (χ2v) is 5.56. The summed E-state index contributed by atoms with van der Waals surface area (Å²) < 4.78 is 0. The highest BCUT2D eigenvalue weighted by Crippen LogP contribution is 2.02. The molecule has 0 aromatic rings. The van der Waals surface area contributed by atoms with Crippen LogP contribution in [0.2, 0.25) is 0 Å². The number of nitrogens with one attached hydrogen (secondary N) is 2. The van der Waals surface area contributed by atoms with Gasteiger partial charge in [-0.05, 0) is 19.8 Å². The molecule has 0 radical (unpaired) electrons. The van der Waals surface area contributed by atoms with Crippen molar-refractivity contribution in [2.24, 2.45) is 11.7 Å². The molecular formula is C13H25N3O6. The van der Waals surface area contributed by atoms with Crippen LogP contribution in [-0.4, -0.2) is 63.4 Å². The van der Waals surface area contributed by atoms with E-state index >= 15 is 0 Å². The van der Waals surface area contributed by atoms with Gasteiger partial charge in [0.1, 0.15) is 6.04 Å². The number of hydrogen-bond acceptors (Lipinski definition) is 6. The van der Waals surface area contributed by atoms with E-state index < -0.39 is 48.1 Å². The summed E-state index contributed by atoms with van der Waals surface area (Å²) in [7, 11) is 0. The Morgan fingerprint density at radius 2 is 1.27 bits per heavy atom. The summed E-state index contributed by atoms with van der Waals surface area (Å²) in [5.74, 6) is -3.17. The molecule has 0 aromatic carbocycles. The summed E-state index contributed by atoms with van der Waals surface area (Å²) >= 11 is 0. The van der Waals surface area contributed by atoms with Gasteiger partial charge in [-0.3, -0.25) is 9.59 Å². The number of aliphatic hydroxyl groups is 2. The first-order valence-corrected chi connectivity index (χ1v) is 6.94. The van der Waals surface area contributed by atoms with Crippen LogP contribution >= 0.6 is 0 Å². The van der Waals surface area contributed by atoms with Gasteiger partial charge >= 0.3 is 5.97 Å². The van der Waals surface area contributed by atoms with Crippen molar-refractivity contribution in [2.45, 2.75) is 58.0 Å². The number of carboxylic acid groups (broad SMARTS) is 1. The summed E-state index contributed by atoms with van der Waals surface area (Å²) in [4.78, 5) is 34.8. The van der Waals surface area contributed by atoms with Gasteiger partial charge in [-0.15, -0.1) is 0 Å². The number of amides is 2. The standard InChI is InChI=1S/C13H25N3O6/c1-5(2)8(14)11(19)15-9(6(3)17)12(20)16-10(7(4)18)13(21)22/h5-10,17-18H,14H2,1-4H3,(H,15,19)(H,16,20)(H,21,22). The largest absolute Gasteiger partial charge is 0.480 e. The van der Waals surface area contributed by atoms with Gasteiger partial charge in [0, 0.05) is 0 Å². The summed E-state index contributed by atoms with van der Waals surface area (Å²) in [6.45, 7) is 5.90. The highest BCUT2D eigenvalue weighted by molar-refractivity contribution is 5.92. The van der Waals surface area contributed by atoms with E-state index in [2.05, 4.69) is 10.6 Å². The van der Waals surface area contributed by atoms with Crippen molar-refractivity contribution in [3.05, 3.63) is 0 Å². The third-order valence-corrected chi connectivity index (χ3v) is 3.13. The predicted molar refractivity (Wildman–Crippen MR) is 77.7 cm³/mol. The lowest BCUT2D eigenvalue weighted by molar-refractivity contribution is -0.145. The fourth-order valence-corrected chi connectivity index (χ4v) is 1.59. The van der Waals surface area contributed by atoms with Gasteiger partial charge in [-0.25, -0.2) is 4.79 Å². The zero-order valence-corrected chi connectivity index (χ0v) is 13.1. The minimum Gasteiger partial charge on any atom is -0.480 e. The number of hydrogen-bond donors (Lipinski definition) is 6. The maximum Gasteiger partial charge on any atom is 0.328 e. The molecule has 5 atom stereocenters. The number of carbonyl (C=O) groups excluding carboxylic acids is 2. The smallest absolute Gasteiger partial charge is 0.328 e. The third-order valence-electron chi connectivity index (χ3n) is 3.13. The molecule has 2 amide bonds. The SMILES string of the molecule is CC(C)C(N)C(=O)NC(C(=O)NC(C(=O)O)C(C)O)C(C)O. The molecule has 0 aromatic heterocycles. The zero-order chi connectivity index (χ0) is 17.6. The molecule has 0 saturated heterocycles. The highest BCUT2D eigenvalue weighted by atomic mass is 16.4. The first-order valence-electron chi connectivity index (χ1n) is 6.94. The quantitative estimate of drug-likeness (QED) is 0.295. The molecule has 0 bridgehead atoms. The van der Waals surface area contributed by atoms with Crippen LogP contribution in [0.5, 0.6) is 0 Å². The highest BCUT2D eigenvalue weighted by Gasteiger charge is 2.32. The summed E-state index contributed by atoms with van der Waals surface area (Å²) in [6, 6.07) is -3.80. The molecule has 7 N–H and O–H groups in total. The van der Waals surface area contributed by atoms with E-state index in [9.17, 15) is 24.6 Å². The second-order valence-electron chi connectivity index (χ2n) is 5.56. The lowest BCUT2D eigenvalue weighted by Gasteiger charge is -2.26. The lowest BCUT2D eigenvalue weighted by atomic mass is 10.0. The van der Waals surface area contributed by atoms with E-state index in [0.717, 1.165) is 0 Å².